The number of hydrogen-bond donors (Lipinski definition) is 0. The molecule has 3 aliphatic rings. The number of halogens is 8. The first-order chi connectivity index (χ1) is 19.1. The Morgan fingerprint density at radius 1 is 1.00 bits per heavy atom. The lowest BCUT2D eigenvalue weighted by Gasteiger charge is -2.22. The van der Waals surface area contributed by atoms with Gasteiger partial charge in [0.1, 0.15) is 17.1 Å². The molecule has 0 unspecified atom stereocenters. The quantitative estimate of drug-likeness (QED) is 0.206. The van der Waals surface area contributed by atoms with E-state index in [1.54, 1.807) is 12.1 Å². The predicted molar refractivity (Wildman–Crippen MR) is 131 cm³/mol. The summed E-state index contributed by atoms with van der Waals surface area (Å²) in [6.45, 7) is -0.123. The van der Waals surface area contributed by atoms with E-state index in [0.717, 1.165) is 18.5 Å². The fourth-order valence-electron chi connectivity index (χ4n) is 4.39. The number of sulfone groups is 1. The molecule has 2 aliphatic heterocycles. The van der Waals surface area contributed by atoms with Gasteiger partial charge in [0.2, 0.25) is 0 Å². The highest BCUT2D eigenvalue weighted by Gasteiger charge is 2.59. The Balaban J connectivity index is 1.70. The molecule has 0 radical (unpaired) electrons. The number of hydrogen-bond acceptors (Lipinski definition) is 5. The van der Waals surface area contributed by atoms with E-state index in [-0.39, 0.29) is 16.8 Å². The van der Waals surface area contributed by atoms with Gasteiger partial charge < -0.3 is 4.57 Å². The molecule has 0 amide bonds. The monoisotopic (exact) mass is 604 g/mol. The van der Waals surface area contributed by atoms with Crippen molar-refractivity contribution in [1.82, 2.24) is 19.5 Å². The summed E-state index contributed by atoms with van der Waals surface area (Å²) >= 11 is 0. The zero-order valence-corrected chi connectivity index (χ0v) is 21.9. The van der Waals surface area contributed by atoms with Gasteiger partial charge in [0.05, 0.1) is 22.9 Å². The average molecular weight is 605 g/mol. The molecule has 5 rings (SSSR count). The third-order valence-electron chi connectivity index (χ3n) is 6.73. The van der Waals surface area contributed by atoms with Gasteiger partial charge in [-0.25, -0.2) is 26.6 Å². The van der Waals surface area contributed by atoms with E-state index in [2.05, 4.69) is 15.0 Å². The van der Waals surface area contributed by atoms with Crippen LogP contribution in [0.15, 0.2) is 47.8 Å². The van der Waals surface area contributed by atoms with Crippen molar-refractivity contribution in [2.75, 3.05) is 5.75 Å². The highest BCUT2D eigenvalue weighted by atomic mass is 32.2. The first-order valence-electron chi connectivity index (χ1n) is 12.3. The first kappa shape index (κ1) is 28.9. The van der Waals surface area contributed by atoms with Gasteiger partial charge in [-0.15, -0.1) is 0 Å². The lowest BCUT2D eigenvalue weighted by molar-refractivity contribution is -0.289. The summed E-state index contributed by atoms with van der Waals surface area (Å²) in [6.07, 6.45) is -4.51. The zero-order chi connectivity index (χ0) is 29.9. The van der Waals surface area contributed by atoms with Gasteiger partial charge in [-0.05, 0) is 31.0 Å². The molecule has 0 spiro atoms. The van der Waals surface area contributed by atoms with Crippen LogP contribution >= 0.6 is 0 Å². The van der Waals surface area contributed by atoms with Gasteiger partial charge in [0, 0.05) is 46.9 Å². The molecular formula is C26H20F8N4O2S. The lowest BCUT2D eigenvalue weighted by Crippen LogP contribution is -2.34. The highest BCUT2D eigenvalue weighted by molar-refractivity contribution is 7.91. The van der Waals surface area contributed by atoms with Gasteiger partial charge in [0.15, 0.2) is 15.7 Å². The number of fused-ring (bicyclic) bond motifs is 1. The second kappa shape index (κ2) is 10.0. The highest BCUT2D eigenvalue weighted by Crippen LogP contribution is 2.46. The van der Waals surface area contributed by atoms with E-state index in [9.17, 15) is 39.2 Å². The van der Waals surface area contributed by atoms with Gasteiger partial charge in [-0.3, -0.25) is 9.97 Å². The molecule has 1 aliphatic carbocycles. The summed E-state index contributed by atoms with van der Waals surface area (Å²) in [5, 5.41) is 0. The Hall–Kier alpha value is -3.62. The molecule has 1 fully saturated rings. The molecule has 0 saturated heterocycles. The van der Waals surface area contributed by atoms with Crippen molar-refractivity contribution in [3.8, 4) is 33.9 Å². The van der Waals surface area contributed by atoms with Crippen LogP contribution in [0.1, 0.15) is 36.9 Å². The van der Waals surface area contributed by atoms with Crippen molar-refractivity contribution in [2.45, 2.75) is 55.6 Å². The fourth-order valence-corrected chi connectivity index (χ4v) is 5.45. The van der Waals surface area contributed by atoms with Gasteiger partial charge in [-0.1, -0.05) is 13.0 Å². The second-order valence-corrected chi connectivity index (χ2v) is 11.8. The number of pyridine rings is 3. The maximum absolute atomic E-state index is 15.7. The van der Waals surface area contributed by atoms with Gasteiger partial charge >= 0.3 is 12.1 Å². The topological polar surface area (TPSA) is 77.7 Å². The second-order valence-electron chi connectivity index (χ2n) is 9.57. The summed E-state index contributed by atoms with van der Waals surface area (Å²) < 4.78 is 136. The summed E-state index contributed by atoms with van der Waals surface area (Å²) in [5.74, 6) is -6.98. The Labute approximate surface area is 228 Å². The standard InChI is InChI=1S/C26H20F8N4O2S/c1-2-41(39,40)19-7-15(14-5-6-17(35-9-14)13-3-4-13)10-36-22(19)23-21(29)24-18(37-23)8-16(11-38(24)12-20(27)28)25(30,31)26(32,33)34/h5-11,13,20H,2-4,12H2,1H3. The van der Waals surface area contributed by atoms with E-state index >= 15 is 4.39 Å². The number of rotatable bonds is 8. The van der Waals surface area contributed by atoms with E-state index in [0.29, 0.717) is 17.0 Å². The van der Waals surface area contributed by atoms with Crippen LogP contribution in [0.5, 0.6) is 0 Å². The minimum Gasteiger partial charge on any atom is -0.338 e. The fraction of sp³-hybridized carbons (Fsp3) is 0.346. The Kier molecular flexibility index (Phi) is 7.07. The predicted octanol–water partition coefficient (Wildman–Crippen LogP) is 6.84. The largest absolute Gasteiger partial charge is 0.458 e. The molecule has 0 atom stereocenters. The summed E-state index contributed by atoms with van der Waals surface area (Å²) in [5.41, 5.74) is -3.06. The molecule has 0 bridgehead atoms. The first-order valence-corrected chi connectivity index (χ1v) is 13.9. The van der Waals surface area contributed by atoms with Crippen LogP contribution in [0.2, 0.25) is 0 Å². The van der Waals surface area contributed by atoms with E-state index in [1.165, 1.54) is 25.4 Å². The van der Waals surface area contributed by atoms with Crippen LogP contribution in [-0.4, -0.2) is 46.3 Å². The Bertz CT molecular complexity index is 1680. The van der Waals surface area contributed by atoms with Crippen molar-refractivity contribution in [3.63, 3.8) is 0 Å². The van der Waals surface area contributed by atoms with Crippen LogP contribution in [-0.2, 0) is 22.3 Å². The van der Waals surface area contributed by atoms with E-state index < -0.39 is 79.7 Å². The Morgan fingerprint density at radius 2 is 1.68 bits per heavy atom. The summed E-state index contributed by atoms with van der Waals surface area (Å²) in [6, 6.07) is 4.93. The van der Waals surface area contributed by atoms with Crippen molar-refractivity contribution in [1.29, 1.82) is 0 Å². The molecular weight excluding hydrogens is 584 g/mol. The van der Waals surface area contributed by atoms with Gasteiger partial charge in [-0.2, -0.15) is 22.0 Å². The minimum absolute atomic E-state index is 0.0784. The molecule has 6 nitrogen and oxygen atoms in total. The summed E-state index contributed by atoms with van der Waals surface area (Å²) in [4.78, 5) is 11.7. The molecule has 4 heterocycles. The third-order valence-corrected chi connectivity index (χ3v) is 8.47. The molecule has 218 valence electrons. The SMILES string of the molecule is CCS(=O)(=O)c1cc(-c2ccc(C3CC3)nc2)cnc1-c1nc2cc(C(F)(F)C(F)(F)F)cn(CC(F)F)c-2c1F. The molecule has 41 heavy (non-hydrogen) atoms. The number of aromatic nitrogens is 4. The molecule has 15 heteroatoms. The molecule has 0 aromatic carbocycles. The van der Waals surface area contributed by atoms with Crippen molar-refractivity contribution < 1.29 is 43.5 Å². The van der Waals surface area contributed by atoms with E-state index in [4.69, 9.17) is 0 Å². The maximum Gasteiger partial charge on any atom is 0.458 e. The lowest BCUT2D eigenvalue weighted by atomic mass is 10.1. The zero-order valence-electron chi connectivity index (χ0n) is 21.1. The molecule has 2 aromatic rings. The molecule has 0 N–H and O–H groups in total. The maximum atomic E-state index is 15.7. The molecule has 2 aromatic heterocycles. The smallest absolute Gasteiger partial charge is 0.338 e. The third kappa shape index (κ3) is 5.26. The number of alkyl halides is 7. The van der Waals surface area contributed by atoms with Crippen molar-refractivity contribution in [3.05, 3.63) is 59.9 Å². The van der Waals surface area contributed by atoms with Crippen LogP contribution in [0.3, 0.4) is 0 Å². The van der Waals surface area contributed by atoms with Crippen LogP contribution in [0.4, 0.5) is 35.1 Å². The molecule has 1 saturated carbocycles. The Morgan fingerprint density at radius 3 is 2.24 bits per heavy atom. The van der Waals surface area contributed by atoms with E-state index in [1.807, 2.05) is 0 Å². The summed E-state index contributed by atoms with van der Waals surface area (Å²) in [7, 11) is -4.14. The average Bonchev–Trinajstić information content (AvgIpc) is 3.70. The van der Waals surface area contributed by atoms with Gasteiger partial charge in [0.25, 0.3) is 6.43 Å². The number of nitrogens with zero attached hydrogens (tertiary/aromatic N) is 4. The minimum atomic E-state index is -6.08. The van der Waals surface area contributed by atoms with Crippen molar-refractivity contribution >= 4 is 9.84 Å². The normalized spacial score (nSPS) is 14.8. The van der Waals surface area contributed by atoms with Crippen LogP contribution in [0.25, 0.3) is 33.9 Å². The van der Waals surface area contributed by atoms with Crippen molar-refractivity contribution in [2.24, 2.45) is 0 Å². The van der Waals surface area contributed by atoms with Crippen LogP contribution < -0.4 is 0 Å². The van der Waals surface area contributed by atoms with Crippen LogP contribution in [0, 0.1) is 5.82 Å².